The van der Waals surface area contributed by atoms with Gasteiger partial charge >= 0.3 is 209 Å². The molecule has 2 nitrogen and oxygen atoms in total. The first-order chi connectivity index (χ1) is 14.8. The molecule has 0 bridgehead atoms. The van der Waals surface area contributed by atoms with Crippen LogP contribution in [0, 0.1) is 0 Å². The number of allylic oxidation sites excluding steroid dienone is 8. The average Bonchev–Trinajstić information content (AvgIpc) is 3.24. The molecule has 0 fully saturated rings. The van der Waals surface area contributed by atoms with E-state index in [1.807, 2.05) is 48.5 Å². The fourth-order valence-corrected chi connectivity index (χ4v) is 14.3. The molecule has 0 aliphatic heterocycles. The fraction of sp³-hybridized carbons (Fsp3) is 0.231. The van der Waals surface area contributed by atoms with Gasteiger partial charge in [0.15, 0.2) is 0 Å². The van der Waals surface area contributed by atoms with E-state index in [4.69, 9.17) is 5.63 Å². The molecule has 0 spiro atoms. The number of halogens is 2. The van der Waals surface area contributed by atoms with Gasteiger partial charge in [-0.15, -0.1) is 0 Å². The Morgan fingerprint density at radius 3 is 1.42 bits per heavy atom. The Balaban J connectivity index is 1.94. The van der Waals surface area contributed by atoms with Gasteiger partial charge in [-0.2, -0.15) is 0 Å². The van der Waals surface area contributed by atoms with Gasteiger partial charge in [0.05, 0.1) is 0 Å². The summed E-state index contributed by atoms with van der Waals surface area (Å²) < 4.78 is 18.7. The molecule has 2 aliphatic carbocycles. The molecule has 160 valence electrons. The van der Waals surface area contributed by atoms with Crippen molar-refractivity contribution in [1.82, 2.24) is 0 Å². The molecule has 0 aromatic heterocycles. The standard InChI is InChI=1S/2C7H9.2C6H5BrO.Zr/c2*1-6-4-3-5-7(6)2;2*7-5-2-1-3-6(8)4-5;/h2*3H,4H2,1-2H3;2*1-4,8H;/q;;;;+2/p-2. The van der Waals surface area contributed by atoms with E-state index in [1.54, 1.807) is 0 Å². The van der Waals surface area contributed by atoms with E-state index in [2.05, 4.69) is 71.7 Å². The van der Waals surface area contributed by atoms with Crippen LogP contribution in [0.4, 0.5) is 0 Å². The van der Waals surface area contributed by atoms with Crippen LogP contribution in [0.2, 0.25) is 0 Å². The van der Waals surface area contributed by atoms with E-state index in [-0.39, 0.29) is 0 Å². The summed E-state index contributed by atoms with van der Waals surface area (Å²) in [6, 6.07) is 16.2. The first kappa shape index (κ1) is 23.0. The Labute approximate surface area is 207 Å². The van der Waals surface area contributed by atoms with E-state index in [9.17, 15) is 0 Å². The molecule has 2 aromatic carbocycles. The van der Waals surface area contributed by atoms with E-state index in [0.29, 0.717) is 0 Å². The Bertz CT molecular complexity index is 1070. The van der Waals surface area contributed by atoms with E-state index < -0.39 is 21.1 Å². The molecule has 2 aromatic rings. The molecule has 0 N–H and O–H groups in total. The summed E-state index contributed by atoms with van der Waals surface area (Å²) in [4.78, 5) is 0. The minimum atomic E-state index is -4.14. The molecular weight excluding hydrogens is 595 g/mol. The van der Waals surface area contributed by atoms with Gasteiger partial charge in [0.2, 0.25) is 0 Å². The zero-order valence-corrected chi connectivity index (χ0v) is 23.9. The van der Waals surface area contributed by atoms with Crippen LogP contribution >= 0.6 is 31.9 Å². The summed E-state index contributed by atoms with van der Waals surface area (Å²) in [5.41, 5.74) is 5.42. The second-order valence-electron chi connectivity index (χ2n) is 8.19. The van der Waals surface area contributed by atoms with Crippen molar-refractivity contribution in [2.75, 3.05) is 0 Å². The van der Waals surface area contributed by atoms with E-state index in [1.165, 1.54) is 28.9 Å². The summed E-state index contributed by atoms with van der Waals surface area (Å²) in [6.45, 7) is 8.86. The molecule has 0 atom stereocenters. The summed E-state index contributed by atoms with van der Waals surface area (Å²) in [5, 5.41) is 0. The zero-order valence-electron chi connectivity index (χ0n) is 18.3. The maximum atomic E-state index is 7.07. The van der Waals surface area contributed by atoms with Crippen molar-refractivity contribution in [1.29, 1.82) is 0 Å². The van der Waals surface area contributed by atoms with Crippen LogP contribution in [-0.4, -0.2) is 0 Å². The van der Waals surface area contributed by atoms with Crippen molar-refractivity contribution < 1.29 is 26.8 Å². The molecule has 0 unspecified atom stereocenters. The maximum absolute atomic E-state index is 7.07. The first-order valence-electron chi connectivity index (χ1n) is 10.4. The van der Waals surface area contributed by atoms with Crippen LogP contribution in [0.15, 0.2) is 98.5 Å². The third-order valence-corrected chi connectivity index (χ3v) is 16.0. The van der Waals surface area contributed by atoms with Gasteiger partial charge in [0.25, 0.3) is 0 Å². The van der Waals surface area contributed by atoms with Gasteiger partial charge < -0.3 is 0 Å². The SMILES string of the molecule is CC1=C(C)[C]([Zr]([O]c2cccc(Br)c2)([O]c2cccc(Br)c2)[C]2=CCC(C)=C2C)=CC1. The van der Waals surface area contributed by atoms with Gasteiger partial charge in [-0.1, -0.05) is 0 Å². The molecule has 4 rings (SSSR count). The van der Waals surface area contributed by atoms with Crippen LogP contribution in [-0.2, 0) is 21.1 Å². The van der Waals surface area contributed by atoms with Crippen molar-refractivity contribution in [3.05, 3.63) is 98.5 Å². The Morgan fingerprint density at radius 1 is 0.677 bits per heavy atom. The zero-order chi connectivity index (χ0) is 22.2. The monoisotopic (exact) mass is 618 g/mol. The Kier molecular flexibility index (Phi) is 6.96. The van der Waals surface area contributed by atoms with E-state index in [0.717, 1.165) is 33.3 Å². The molecule has 0 heterocycles. The van der Waals surface area contributed by atoms with Crippen molar-refractivity contribution in [3.8, 4) is 11.5 Å². The van der Waals surface area contributed by atoms with Crippen LogP contribution in [0.25, 0.3) is 0 Å². The van der Waals surface area contributed by atoms with Gasteiger partial charge in [-0.25, -0.2) is 0 Å². The predicted molar refractivity (Wildman–Crippen MR) is 132 cm³/mol. The number of hydrogen-bond acceptors (Lipinski definition) is 2. The summed E-state index contributed by atoms with van der Waals surface area (Å²) in [6.07, 6.45) is 6.61. The van der Waals surface area contributed by atoms with Crippen molar-refractivity contribution >= 4 is 31.9 Å². The average molecular weight is 622 g/mol. The second-order valence-corrected chi connectivity index (χ2v) is 16.7. The fourth-order valence-electron chi connectivity index (χ4n) is 4.12. The quantitative estimate of drug-likeness (QED) is 0.321. The van der Waals surface area contributed by atoms with Crippen LogP contribution < -0.4 is 5.63 Å². The minimum absolute atomic E-state index is 0.844. The predicted octanol–water partition coefficient (Wildman–Crippen LogP) is 8.90. The summed E-state index contributed by atoms with van der Waals surface area (Å²) in [7, 11) is 0. The molecule has 31 heavy (non-hydrogen) atoms. The molecule has 0 amide bonds. The molecular formula is C26H26Br2O2Zr. The van der Waals surface area contributed by atoms with Gasteiger partial charge in [-0.05, 0) is 0 Å². The molecule has 2 aliphatic rings. The molecule has 0 radical (unpaired) electrons. The number of benzene rings is 2. The topological polar surface area (TPSA) is 18.5 Å². The van der Waals surface area contributed by atoms with Crippen LogP contribution in [0.5, 0.6) is 11.5 Å². The van der Waals surface area contributed by atoms with Crippen LogP contribution in [0.1, 0.15) is 40.5 Å². The second kappa shape index (κ2) is 9.37. The summed E-state index contributed by atoms with van der Waals surface area (Å²) >= 11 is 3.07. The van der Waals surface area contributed by atoms with Crippen molar-refractivity contribution in [2.45, 2.75) is 40.5 Å². The van der Waals surface area contributed by atoms with Crippen molar-refractivity contribution in [2.24, 2.45) is 0 Å². The Morgan fingerprint density at radius 2 is 1.10 bits per heavy atom. The molecule has 5 heteroatoms. The third kappa shape index (κ3) is 4.65. The van der Waals surface area contributed by atoms with Crippen molar-refractivity contribution in [3.63, 3.8) is 0 Å². The van der Waals surface area contributed by atoms with E-state index >= 15 is 0 Å². The van der Waals surface area contributed by atoms with Gasteiger partial charge in [0, 0.05) is 0 Å². The van der Waals surface area contributed by atoms with Gasteiger partial charge in [0.1, 0.15) is 0 Å². The van der Waals surface area contributed by atoms with Crippen LogP contribution in [0.3, 0.4) is 0 Å². The number of rotatable bonds is 6. The molecule has 0 saturated heterocycles. The normalized spacial score (nSPS) is 16.6. The van der Waals surface area contributed by atoms with Gasteiger partial charge in [-0.3, -0.25) is 0 Å². The summed E-state index contributed by atoms with van der Waals surface area (Å²) in [5.74, 6) is 1.69. The first-order valence-corrected chi connectivity index (χ1v) is 16.5. The third-order valence-electron chi connectivity index (χ3n) is 6.14. The Hall–Kier alpha value is -1.16. The number of hydrogen-bond donors (Lipinski definition) is 0. The molecule has 0 saturated carbocycles.